The standard InChI is InChI=1S/C16H24ClNO2/c1-11-3-5-13(6-4-11)20-16-14(17)9-12(7-8-18)10-15(16)19-2/h9-11,13H,3-8,18H2,1-2H3. The summed E-state index contributed by atoms with van der Waals surface area (Å²) in [5, 5.41) is 0.617. The fourth-order valence-corrected chi connectivity index (χ4v) is 2.99. The van der Waals surface area contributed by atoms with Gasteiger partial charge < -0.3 is 15.2 Å². The van der Waals surface area contributed by atoms with Gasteiger partial charge in [-0.25, -0.2) is 0 Å². The largest absolute Gasteiger partial charge is 0.493 e. The van der Waals surface area contributed by atoms with Crippen LogP contribution in [0.3, 0.4) is 0 Å². The highest BCUT2D eigenvalue weighted by molar-refractivity contribution is 6.32. The summed E-state index contributed by atoms with van der Waals surface area (Å²) in [6.07, 6.45) is 5.65. The monoisotopic (exact) mass is 297 g/mol. The number of hydrogen-bond acceptors (Lipinski definition) is 3. The van der Waals surface area contributed by atoms with Crippen molar-refractivity contribution in [3.63, 3.8) is 0 Å². The van der Waals surface area contributed by atoms with Crippen molar-refractivity contribution >= 4 is 11.6 Å². The second-order valence-electron chi connectivity index (χ2n) is 5.65. The molecule has 112 valence electrons. The smallest absolute Gasteiger partial charge is 0.180 e. The van der Waals surface area contributed by atoms with E-state index in [0.717, 1.165) is 30.7 Å². The third-order valence-corrected chi connectivity index (χ3v) is 4.25. The van der Waals surface area contributed by atoms with Gasteiger partial charge in [-0.3, -0.25) is 0 Å². The Labute approximate surface area is 126 Å². The molecule has 4 heteroatoms. The molecule has 1 aliphatic rings. The summed E-state index contributed by atoms with van der Waals surface area (Å²) in [4.78, 5) is 0. The first kappa shape index (κ1) is 15.5. The zero-order valence-corrected chi connectivity index (χ0v) is 13.1. The van der Waals surface area contributed by atoms with Crippen molar-refractivity contribution in [2.24, 2.45) is 11.7 Å². The Morgan fingerprint density at radius 3 is 2.55 bits per heavy atom. The maximum Gasteiger partial charge on any atom is 0.180 e. The number of benzene rings is 1. The highest BCUT2D eigenvalue weighted by Gasteiger charge is 2.22. The molecular weight excluding hydrogens is 274 g/mol. The summed E-state index contributed by atoms with van der Waals surface area (Å²) in [6.45, 7) is 2.89. The minimum atomic E-state index is 0.248. The lowest BCUT2D eigenvalue weighted by atomic mass is 9.89. The van der Waals surface area contributed by atoms with Gasteiger partial charge in [-0.05, 0) is 62.3 Å². The van der Waals surface area contributed by atoms with Gasteiger partial charge in [-0.15, -0.1) is 0 Å². The van der Waals surface area contributed by atoms with Gasteiger partial charge >= 0.3 is 0 Å². The second-order valence-corrected chi connectivity index (χ2v) is 6.05. The first-order valence-electron chi connectivity index (χ1n) is 7.37. The molecule has 1 saturated carbocycles. The predicted molar refractivity (Wildman–Crippen MR) is 82.8 cm³/mol. The molecule has 0 aliphatic heterocycles. The topological polar surface area (TPSA) is 44.5 Å². The number of hydrogen-bond donors (Lipinski definition) is 1. The highest BCUT2D eigenvalue weighted by atomic mass is 35.5. The molecule has 0 aromatic heterocycles. The normalized spacial score (nSPS) is 22.6. The summed E-state index contributed by atoms with van der Waals surface area (Å²) in [6, 6.07) is 3.90. The van der Waals surface area contributed by atoms with Crippen molar-refractivity contribution in [3.8, 4) is 11.5 Å². The fraction of sp³-hybridized carbons (Fsp3) is 0.625. The highest BCUT2D eigenvalue weighted by Crippen LogP contribution is 2.39. The van der Waals surface area contributed by atoms with E-state index in [1.165, 1.54) is 12.8 Å². The Balaban J connectivity index is 2.14. The Bertz CT molecular complexity index is 442. The molecule has 2 N–H and O–H groups in total. The van der Waals surface area contributed by atoms with Crippen LogP contribution in [-0.2, 0) is 6.42 Å². The van der Waals surface area contributed by atoms with Crippen LogP contribution in [0.1, 0.15) is 38.2 Å². The van der Waals surface area contributed by atoms with Crippen LogP contribution >= 0.6 is 11.6 Å². The molecule has 1 aromatic carbocycles. The third-order valence-electron chi connectivity index (χ3n) is 3.97. The molecule has 20 heavy (non-hydrogen) atoms. The zero-order chi connectivity index (χ0) is 14.5. The zero-order valence-electron chi connectivity index (χ0n) is 12.3. The van der Waals surface area contributed by atoms with Crippen LogP contribution in [0.25, 0.3) is 0 Å². The van der Waals surface area contributed by atoms with Crippen molar-refractivity contribution in [1.29, 1.82) is 0 Å². The molecule has 0 spiro atoms. The van der Waals surface area contributed by atoms with Crippen LogP contribution in [0.2, 0.25) is 5.02 Å². The van der Waals surface area contributed by atoms with Gasteiger partial charge in [-0.2, -0.15) is 0 Å². The Hall–Kier alpha value is -0.930. The minimum absolute atomic E-state index is 0.248. The lowest BCUT2D eigenvalue weighted by Crippen LogP contribution is -2.23. The van der Waals surface area contributed by atoms with E-state index in [2.05, 4.69) is 6.92 Å². The first-order valence-corrected chi connectivity index (χ1v) is 7.75. The minimum Gasteiger partial charge on any atom is -0.493 e. The molecule has 0 heterocycles. The van der Waals surface area contributed by atoms with E-state index in [9.17, 15) is 0 Å². The third kappa shape index (κ3) is 3.80. The van der Waals surface area contributed by atoms with E-state index < -0.39 is 0 Å². The lowest BCUT2D eigenvalue weighted by Gasteiger charge is -2.28. The lowest BCUT2D eigenvalue weighted by molar-refractivity contribution is 0.131. The van der Waals surface area contributed by atoms with E-state index in [1.807, 2.05) is 12.1 Å². The van der Waals surface area contributed by atoms with Gasteiger partial charge in [0.25, 0.3) is 0 Å². The number of nitrogens with two attached hydrogens (primary N) is 1. The molecule has 3 nitrogen and oxygen atoms in total. The predicted octanol–water partition coefficient (Wildman–Crippen LogP) is 3.81. The maximum atomic E-state index is 6.35. The van der Waals surface area contributed by atoms with Crippen LogP contribution in [0, 0.1) is 5.92 Å². The van der Waals surface area contributed by atoms with Crippen LogP contribution in [0.15, 0.2) is 12.1 Å². The van der Waals surface area contributed by atoms with Crippen molar-refractivity contribution in [2.45, 2.75) is 45.1 Å². The van der Waals surface area contributed by atoms with Crippen molar-refractivity contribution in [3.05, 3.63) is 22.7 Å². The van der Waals surface area contributed by atoms with E-state index >= 15 is 0 Å². The van der Waals surface area contributed by atoms with Crippen molar-refractivity contribution < 1.29 is 9.47 Å². The van der Waals surface area contributed by atoms with Gasteiger partial charge in [0.05, 0.1) is 18.2 Å². The molecule has 0 amide bonds. The van der Waals surface area contributed by atoms with E-state index in [0.29, 0.717) is 23.1 Å². The van der Waals surface area contributed by atoms with Crippen LogP contribution in [0.4, 0.5) is 0 Å². The first-order chi connectivity index (χ1) is 9.63. The Kier molecular flexibility index (Phi) is 5.55. The molecule has 1 aromatic rings. The second kappa shape index (κ2) is 7.19. The number of ether oxygens (including phenoxy) is 2. The quantitative estimate of drug-likeness (QED) is 0.899. The molecule has 0 saturated heterocycles. The van der Waals surface area contributed by atoms with Crippen molar-refractivity contribution in [1.82, 2.24) is 0 Å². The van der Waals surface area contributed by atoms with Crippen molar-refractivity contribution in [2.75, 3.05) is 13.7 Å². The summed E-state index contributed by atoms with van der Waals surface area (Å²) in [7, 11) is 1.65. The molecule has 0 atom stereocenters. The molecule has 1 aliphatic carbocycles. The van der Waals surface area contributed by atoms with Crippen LogP contribution in [0.5, 0.6) is 11.5 Å². The van der Waals surface area contributed by atoms with Crippen LogP contribution in [-0.4, -0.2) is 19.8 Å². The molecule has 1 fully saturated rings. The van der Waals surface area contributed by atoms with Gasteiger partial charge in [0.1, 0.15) is 0 Å². The molecular formula is C16H24ClNO2. The van der Waals surface area contributed by atoms with Gasteiger partial charge in [0, 0.05) is 0 Å². The SMILES string of the molecule is COc1cc(CCN)cc(Cl)c1OC1CCC(C)CC1. The van der Waals surface area contributed by atoms with Gasteiger partial charge in [0.2, 0.25) is 0 Å². The van der Waals surface area contributed by atoms with Crippen LogP contribution < -0.4 is 15.2 Å². The fourth-order valence-electron chi connectivity index (χ4n) is 2.71. The number of methoxy groups -OCH3 is 1. The van der Waals surface area contributed by atoms with E-state index in [-0.39, 0.29) is 6.10 Å². The summed E-state index contributed by atoms with van der Waals surface area (Å²) < 4.78 is 11.5. The Morgan fingerprint density at radius 1 is 1.25 bits per heavy atom. The van der Waals surface area contributed by atoms with Gasteiger partial charge in [-0.1, -0.05) is 18.5 Å². The summed E-state index contributed by atoms with van der Waals surface area (Å²) in [5.41, 5.74) is 6.67. The summed E-state index contributed by atoms with van der Waals surface area (Å²) in [5.74, 6) is 2.19. The van der Waals surface area contributed by atoms with E-state index in [4.69, 9.17) is 26.8 Å². The average Bonchev–Trinajstić information content (AvgIpc) is 2.44. The number of rotatable bonds is 5. The molecule has 0 bridgehead atoms. The molecule has 2 rings (SSSR count). The summed E-state index contributed by atoms with van der Waals surface area (Å²) >= 11 is 6.35. The number of halogens is 1. The van der Waals surface area contributed by atoms with E-state index in [1.54, 1.807) is 7.11 Å². The average molecular weight is 298 g/mol. The molecule has 0 unspecified atom stereocenters. The Morgan fingerprint density at radius 2 is 1.95 bits per heavy atom. The van der Waals surface area contributed by atoms with Gasteiger partial charge in [0.15, 0.2) is 11.5 Å². The molecule has 0 radical (unpaired) electrons. The maximum absolute atomic E-state index is 6.35.